The van der Waals surface area contributed by atoms with E-state index in [0.29, 0.717) is 13.2 Å². The van der Waals surface area contributed by atoms with E-state index in [1.165, 1.54) is 11.4 Å². The van der Waals surface area contributed by atoms with Crippen LogP contribution in [0.15, 0.2) is 48.5 Å². The van der Waals surface area contributed by atoms with Gasteiger partial charge >= 0.3 is 0 Å². The molecule has 0 saturated carbocycles. The molecule has 0 bridgehead atoms. The summed E-state index contributed by atoms with van der Waals surface area (Å²) in [7, 11) is 3.39. The van der Waals surface area contributed by atoms with Gasteiger partial charge in [-0.25, -0.2) is 0 Å². The van der Waals surface area contributed by atoms with Gasteiger partial charge in [-0.2, -0.15) is 15.0 Å². The molecular weight excluding hydrogens is 508 g/mol. The number of morpholine rings is 1. The Morgan fingerprint density at radius 1 is 0.475 bits per heavy atom. The Hall–Kier alpha value is -3.99. The van der Waals surface area contributed by atoms with Gasteiger partial charge in [0, 0.05) is 76.8 Å². The fourth-order valence-electron chi connectivity index (χ4n) is 5.45. The second-order valence-corrected chi connectivity index (χ2v) is 10.2. The van der Waals surface area contributed by atoms with Crippen LogP contribution in [0, 0.1) is 0 Å². The Bertz CT molecular complexity index is 1150. The van der Waals surface area contributed by atoms with Crippen LogP contribution in [0.2, 0.25) is 0 Å². The highest BCUT2D eigenvalue weighted by Gasteiger charge is 2.26. The van der Waals surface area contributed by atoms with Crippen molar-refractivity contribution in [1.82, 2.24) is 15.0 Å². The van der Waals surface area contributed by atoms with Crippen LogP contribution in [-0.2, 0) is 4.74 Å². The Morgan fingerprint density at radius 2 is 0.800 bits per heavy atom. The van der Waals surface area contributed by atoms with Crippen molar-refractivity contribution in [1.29, 1.82) is 0 Å². The van der Waals surface area contributed by atoms with Gasteiger partial charge in [-0.05, 0) is 48.5 Å². The van der Waals surface area contributed by atoms with E-state index in [1.54, 1.807) is 14.2 Å². The number of ether oxygens (including phenoxy) is 3. The van der Waals surface area contributed by atoms with Crippen molar-refractivity contribution >= 4 is 29.2 Å². The number of methoxy groups -OCH3 is 2. The van der Waals surface area contributed by atoms with Crippen molar-refractivity contribution < 1.29 is 14.2 Å². The van der Waals surface area contributed by atoms with Gasteiger partial charge in [0.2, 0.25) is 17.8 Å². The smallest absolute Gasteiger partial charge is 0.232 e. The molecule has 0 atom stereocenters. The summed E-state index contributed by atoms with van der Waals surface area (Å²) < 4.78 is 16.2. The van der Waals surface area contributed by atoms with Crippen LogP contribution in [0.1, 0.15) is 0 Å². The maximum atomic E-state index is 5.59. The van der Waals surface area contributed by atoms with Crippen molar-refractivity contribution in [2.45, 2.75) is 0 Å². The monoisotopic (exact) mass is 546 g/mol. The number of anilines is 5. The molecule has 40 heavy (non-hydrogen) atoms. The van der Waals surface area contributed by atoms with E-state index in [4.69, 9.17) is 29.2 Å². The zero-order valence-corrected chi connectivity index (χ0v) is 23.4. The van der Waals surface area contributed by atoms with E-state index in [2.05, 4.69) is 48.8 Å². The van der Waals surface area contributed by atoms with Crippen LogP contribution in [0.3, 0.4) is 0 Å². The largest absolute Gasteiger partial charge is 0.497 e. The normalized spacial score (nSPS) is 18.2. The van der Waals surface area contributed by atoms with Gasteiger partial charge in [-0.1, -0.05) is 0 Å². The molecule has 3 fully saturated rings. The molecule has 0 unspecified atom stereocenters. The molecule has 3 saturated heterocycles. The van der Waals surface area contributed by atoms with Gasteiger partial charge in [0.25, 0.3) is 0 Å². The third-order valence-electron chi connectivity index (χ3n) is 7.89. The summed E-state index contributed by atoms with van der Waals surface area (Å²) in [5.41, 5.74) is 2.42. The molecule has 3 aliphatic rings. The highest BCUT2D eigenvalue weighted by Crippen LogP contribution is 2.26. The molecule has 2 aromatic carbocycles. The topological polar surface area (TPSA) is 82.6 Å². The second kappa shape index (κ2) is 12.0. The second-order valence-electron chi connectivity index (χ2n) is 10.2. The lowest BCUT2D eigenvalue weighted by Gasteiger charge is -2.38. The minimum atomic E-state index is 0.692. The maximum Gasteiger partial charge on any atom is 0.232 e. The van der Waals surface area contributed by atoms with Crippen molar-refractivity contribution in [3.8, 4) is 11.5 Å². The highest BCUT2D eigenvalue weighted by molar-refractivity contribution is 5.54. The summed E-state index contributed by atoms with van der Waals surface area (Å²) in [5, 5.41) is 0. The van der Waals surface area contributed by atoms with E-state index in [1.807, 2.05) is 24.3 Å². The number of benzene rings is 2. The number of piperazine rings is 2. The van der Waals surface area contributed by atoms with Crippen molar-refractivity contribution in [3.63, 3.8) is 0 Å². The number of nitrogens with zero attached hydrogens (tertiary/aromatic N) is 8. The summed E-state index contributed by atoms with van der Waals surface area (Å²) in [4.78, 5) is 26.6. The minimum absolute atomic E-state index is 0.692. The first-order valence-corrected chi connectivity index (χ1v) is 14.1. The lowest BCUT2D eigenvalue weighted by Crippen LogP contribution is -2.49. The average Bonchev–Trinajstić information content (AvgIpc) is 3.05. The molecule has 0 amide bonds. The Labute approximate surface area is 235 Å². The molecule has 4 heterocycles. The lowest BCUT2D eigenvalue weighted by molar-refractivity contribution is 0.122. The highest BCUT2D eigenvalue weighted by atomic mass is 16.5. The lowest BCUT2D eigenvalue weighted by atomic mass is 10.2. The zero-order chi connectivity index (χ0) is 27.3. The average molecular weight is 547 g/mol. The molecule has 0 aliphatic carbocycles. The Kier molecular flexibility index (Phi) is 7.90. The fraction of sp³-hybridized carbons (Fsp3) is 0.483. The van der Waals surface area contributed by atoms with Crippen LogP contribution in [0.5, 0.6) is 11.5 Å². The number of aromatic nitrogens is 3. The van der Waals surface area contributed by atoms with Gasteiger partial charge < -0.3 is 38.7 Å². The van der Waals surface area contributed by atoms with Crippen molar-refractivity contribution in [2.24, 2.45) is 0 Å². The summed E-state index contributed by atoms with van der Waals surface area (Å²) >= 11 is 0. The minimum Gasteiger partial charge on any atom is -0.497 e. The predicted octanol–water partition coefficient (Wildman–Crippen LogP) is 2.38. The van der Waals surface area contributed by atoms with Crippen molar-refractivity contribution in [3.05, 3.63) is 48.5 Å². The molecule has 3 aliphatic heterocycles. The molecule has 11 heteroatoms. The number of hydrogen-bond donors (Lipinski definition) is 0. The van der Waals surface area contributed by atoms with Crippen LogP contribution in [0.4, 0.5) is 29.2 Å². The Morgan fingerprint density at radius 3 is 1.15 bits per heavy atom. The maximum absolute atomic E-state index is 5.59. The van der Waals surface area contributed by atoms with Crippen LogP contribution in [-0.4, -0.2) is 108 Å². The number of hydrogen-bond acceptors (Lipinski definition) is 11. The quantitative estimate of drug-likeness (QED) is 0.438. The molecule has 3 aromatic rings. The van der Waals surface area contributed by atoms with Gasteiger partial charge in [0.1, 0.15) is 11.5 Å². The van der Waals surface area contributed by atoms with Crippen LogP contribution in [0.25, 0.3) is 0 Å². The van der Waals surface area contributed by atoms with Crippen LogP contribution < -0.4 is 34.0 Å². The fourth-order valence-corrected chi connectivity index (χ4v) is 5.45. The molecule has 0 N–H and O–H groups in total. The van der Waals surface area contributed by atoms with E-state index < -0.39 is 0 Å². The van der Waals surface area contributed by atoms with Gasteiger partial charge in [0.15, 0.2) is 0 Å². The summed E-state index contributed by atoms with van der Waals surface area (Å²) in [6.07, 6.45) is 0. The third-order valence-corrected chi connectivity index (χ3v) is 7.89. The predicted molar refractivity (Wildman–Crippen MR) is 158 cm³/mol. The van der Waals surface area contributed by atoms with Crippen molar-refractivity contribution in [2.75, 3.05) is 117 Å². The first-order valence-electron chi connectivity index (χ1n) is 14.1. The summed E-state index contributed by atoms with van der Waals surface area (Å²) in [6.45, 7) is 9.98. The molecule has 0 radical (unpaired) electrons. The number of rotatable bonds is 7. The first-order chi connectivity index (χ1) is 19.7. The molecule has 0 spiro atoms. The molecule has 11 nitrogen and oxygen atoms in total. The first kappa shape index (κ1) is 26.2. The zero-order valence-electron chi connectivity index (χ0n) is 23.4. The SMILES string of the molecule is COc1ccc(N2CCN(c3nc(N4CCOCC4)nc(N4CCN(c5ccc(OC)cc5)CC4)n3)CC2)cc1. The Balaban J connectivity index is 1.17. The molecule has 1 aromatic heterocycles. The van der Waals surface area contributed by atoms with Gasteiger partial charge in [-0.3, -0.25) is 0 Å². The summed E-state index contributed by atoms with van der Waals surface area (Å²) in [5.74, 6) is 4.02. The standard InChI is InChI=1S/C29H38N8O3/c1-38-25-7-3-23(4-8-25)33-11-15-35(16-12-33)27-30-28(32-29(31-27)37-19-21-40-22-20-37)36-17-13-34(14-18-36)24-5-9-26(39-2)10-6-24/h3-10H,11-22H2,1-2H3. The van der Waals surface area contributed by atoms with E-state index >= 15 is 0 Å². The van der Waals surface area contributed by atoms with Gasteiger partial charge in [-0.15, -0.1) is 0 Å². The van der Waals surface area contributed by atoms with Crippen LogP contribution >= 0.6 is 0 Å². The van der Waals surface area contributed by atoms with E-state index in [0.717, 1.165) is 94.8 Å². The third kappa shape index (κ3) is 5.79. The van der Waals surface area contributed by atoms with Gasteiger partial charge in [0.05, 0.1) is 27.4 Å². The van der Waals surface area contributed by atoms with E-state index in [-0.39, 0.29) is 0 Å². The molecular formula is C29H38N8O3. The molecule has 212 valence electrons. The van der Waals surface area contributed by atoms with E-state index in [9.17, 15) is 0 Å². The summed E-state index contributed by atoms with van der Waals surface area (Å²) in [6, 6.07) is 16.6. The molecule has 6 rings (SSSR count).